The van der Waals surface area contributed by atoms with Crippen molar-refractivity contribution in [3.05, 3.63) is 41.1 Å². The fourth-order valence-electron chi connectivity index (χ4n) is 1.56. The van der Waals surface area contributed by atoms with Gasteiger partial charge >= 0.3 is 0 Å². The van der Waals surface area contributed by atoms with Crippen molar-refractivity contribution in [3.63, 3.8) is 0 Å². The van der Waals surface area contributed by atoms with Gasteiger partial charge in [0.25, 0.3) is 5.89 Å². The van der Waals surface area contributed by atoms with E-state index in [0.29, 0.717) is 11.8 Å². The van der Waals surface area contributed by atoms with Gasteiger partial charge in [-0.3, -0.25) is 0 Å². The predicted molar refractivity (Wildman–Crippen MR) is 64.1 cm³/mol. The van der Waals surface area contributed by atoms with Crippen LogP contribution in [0.5, 0.6) is 5.75 Å². The first-order chi connectivity index (χ1) is 8.17. The first-order valence-corrected chi connectivity index (χ1v) is 5.79. The smallest absolute Gasteiger partial charge is 0.253 e. The lowest BCUT2D eigenvalue weighted by Gasteiger charge is -2.05. The summed E-state index contributed by atoms with van der Waals surface area (Å²) in [5.74, 6) is 1.86. The maximum absolute atomic E-state index is 5.57. The highest BCUT2D eigenvalue weighted by atomic mass is 35.5. The van der Waals surface area contributed by atoms with E-state index in [-0.39, 0.29) is 12.5 Å². The van der Waals surface area contributed by atoms with Gasteiger partial charge in [0.05, 0.1) is 0 Å². The third-order valence-corrected chi connectivity index (χ3v) is 2.41. The monoisotopic (exact) mass is 252 g/mol. The molecule has 0 bridgehead atoms. The Morgan fingerprint density at radius 3 is 2.35 bits per heavy atom. The summed E-state index contributed by atoms with van der Waals surface area (Å²) in [6, 6.07) is 6.02. The van der Waals surface area contributed by atoms with Crippen LogP contribution in [-0.2, 0) is 12.5 Å². The molecule has 90 valence electrons. The van der Waals surface area contributed by atoms with E-state index in [1.165, 1.54) is 0 Å². The van der Waals surface area contributed by atoms with Gasteiger partial charge in [-0.1, -0.05) is 6.07 Å². The molecule has 0 unspecified atom stereocenters. The number of nitrogens with zero attached hydrogens (tertiary/aromatic N) is 2. The van der Waals surface area contributed by atoms with Gasteiger partial charge in [-0.05, 0) is 37.1 Å². The molecule has 2 rings (SSSR count). The van der Waals surface area contributed by atoms with Gasteiger partial charge < -0.3 is 9.15 Å². The summed E-state index contributed by atoms with van der Waals surface area (Å²) in [7, 11) is 0. The topological polar surface area (TPSA) is 48.2 Å². The Kier molecular flexibility index (Phi) is 3.64. The van der Waals surface area contributed by atoms with Gasteiger partial charge in [0, 0.05) is 0 Å². The van der Waals surface area contributed by atoms with Crippen molar-refractivity contribution >= 4 is 11.6 Å². The van der Waals surface area contributed by atoms with Crippen LogP contribution in [0, 0.1) is 13.8 Å². The van der Waals surface area contributed by atoms with E-state index in [9.17, 15) is 0 Å². The molecule has 1 heterocycles. The second-order valence-corrected chi connectivity index (χ2v) is 4.10. The Hall–Kier alpha value is -1.55. The van der Waals surface area contributed by atoms with Crippen LogP contribution in [0.3, 0.4) is 0 Å². The number of aryl methyl sites for hydroxylation is 2. The predicted octanol–water partition coefficient (Wildman–Crippen LogP) is 3.00. The van der Waals surface area contributed by atoms with Gasteiger partial charge in [-0.2, -0.15) is 0 Å². The molecule has 0 fully saturated rings. The second kappa shape index (κ2) is 5.19. The van der Waals surface area contributed by atoms with E-state index < -0.39 is 0 Å². The number of hydrogen-bond acceptors (Lipinski definition) is 4. The van der Waals surface area contributed by atoms with Gasteiger partial charge in [-0.25, -0.2) is 0 Å². The van der Waals surface area contributed by atoms with Crippen LogP contribution in [0.4, 0.5) is 0 Å². The van der Waals surface area contributed by atoms with Crippen LogP contribution in [0.1, 0.15) is 22.9 Å². The van der Waals surface area contributed by atoms with Crippen molar-refractivity contribution < 1.29 is 9.15 Å². The molecule has 0 radical (unpaired) electrons. The van der Waals surface area contributed by atoms with Crippen molar-refractivity contribution in [2.75, 3.05) is 0 Å². The molecular weight excluding hydrogens is 240 g/mol. The molecule has 2 aromatic rings. The number of rotatable bonds is 4. The molecule has 17 heavy (non-hydrogen) atoms. The number of alkyl halides is 1. The van der Waals surface area contributed by atoms with E-state index in [0.717, 1.165) is 16.9 Å². The first-order valence-electron chi connectivity index (χ1n) is 5.25. The highest BCUT2D eigenvalue weighted by Crippen LogP contribution is 2.17. The number of hydrogen-bond donors (Lipinski definition) is 0. The van der Waals surface area contributed by atoms with E-state index in [4.69, 9.17) is 20.8 Å². The van der Waals surface area contributed by atoms with Gasteiger partial charge in [0.1, 0.15) is 11.6 Å². The van der Waals surface area contributed by atoms with Gasteiger partial charge in [0.2, 0.25) is 5.89 Å². The minimum atomic E-state index is 0.219. The Labute approximate surface area is 105 Å². The van der Waals surface area contributed by atoms with Crippen molar-refractivity contribution in [2.45, 2.75) is 26.3 Å². The minimum absolute atomic E-state index is 0.219. The highest BCUT2D eigenvalue weighted by molar-refractivity contribution is 6.16. The summed E-state index contributed by atoms with van der Waals surface area (Å²) in [4.78, 5) is 0. The maximum atomic E-state index is 5.57. The Bertz CT molecular complexity index is 491. The average molecular weight is 253 g/mol. The molecule has 1 aromatic carbocycles. The Morgan fingerprint density at radius 2 is 1.76 bits per heavy atom. The fraction of sp³-hybridized carbons (Fsp3) is 0.333. The van der Waals surface area contributed by atoms with Crippen LogP contribution in [0.25, 0.3) is 0 Å². The molecular formula is C12H13ClN2O2. The van der Waals surface area contributed by atoms with Crippen molar-refractivity contribution in [1.29, 1.82) is 0 Å². The molecule has 0 aliphatic rings. The largest absolute Gasteiger partial charge is 0.484 e. The molecule has 0 N–H and O–H groups in total. The molecule has 0 aliphatic heterocycles. The van der Waals surface area contributed by atoms with Gasteiger partial charge in [-0.15, -0.1) is 21.8 Å². The summed E-state index contributed by atoms with van der Waals surface area (Å²) in [5, 5.41) is 7.57. The summed E-state index contributed by atoms with van der Waals surface area (Å²) >= 11 is 5.56. The number of aromatic nitrogens is 2. The molecule has 5 heteroatoms. The SMILES string of the molecule is Cc1cc(C)cc(OCc2nnc(CCl)o2)c1. The quantitative estimate of drug-likeness (QED) is 0.785. The summed E-state index contributed by atoms with van der Waals surface area (Å²) < 4.78 is 10.8. The summed E-state index contributed by atoms with van der Waals surface area (Å²) in [6.45, 7) is 4.31. The average Bonchev–Trinajstić information content (AvgIpc) is 2.73. The first kappa shape index (κ1) is 11.9. The standard InChI is InChI=1S/C12H13ClN2O2/c1-8-3-9(2)5-10(4-8)16-7-12-15-14-11(6-13)17-12/h3-5H,6-7H2,1-2H3. The maximum Gasteiger partial charge on any atom is 0.253 e. The molecule has 1 aromatic heterocycles. The van der Waals surface area contributed by atoms with Crippen molar-refractivity contribution in [3.8, 4) is 5.75 Å². The van der Waals surface area contributed by atoms with E-state index in [2.05, 4.69) is 16.3 Å². The number of ether oxygens (including phenoxy) is 1. The fourth-order valence-corrected chi connectivity index (χ4v) is 1.67. The zero-order valence-corrected chi connectivity index (χ0v) is 10.5. The van der Waals surface area contributed by atoms with E-state index >= 15 is 0 Å². The highest BCUT2D eigenvalue weighted by Gasteiger charge is 2.05. The van der Waals surface area contributed by atoms with Crippen LogP contribution in [0.2, 0.25) is 0 Å². The van der Waals surface area contributed by atoms with Crippen molar-refractivity contribution in [2.24, 2.45) is 0 Å². The number of benzene rings is 1. The lowest BCUT2D eigenvalue weighted by molar-refractivity contribution is 0.260. The molecule has 0 amide bonds. The summed E-state index contributed by atoms with van der Waals surface area (Å²) in [6.07, 6.45) is 0. The van der Waals surface area contributed by atoms with Crippen LogP contribution in [-0.4, -0.2) is 10.2 Å². The molecule has 0 saturated carbocycles. The van der Waals surface area contributed by atoms with Crippen LogP contribution >= 0.6 is 11.6 Å². The zero-order valence-electron chi connectivity index (χ0n) is 9.74. The molecule has 0 saturated heterocycles. The second-order valence-electron chi connectivity index (χ2n) is 3.84. The number of halogens is 1. The minimum Gasteiger partial charge on any atom is -0.484 e. The Morgan fingerprint density at radius 1 is 1.12 bits per heavy atom. The lowest BCUT2D eigenvalue weighted by atomic mass is 10.1. The third kappa shape index (κ3) is 3.20. The molecule has 0 spiro atoms. The normalized spacial score (nSPS) is 10.5. The molecule has 0 atom stereocenters. The molecule has 4 nitrogen and oxygen atoms in total. The summed E-state index contributed by atoms with van der Waals surface area (Å²) in [5.41, 5.74) is 2.32. The molecule has 0 aliphatic carbocycles. The zero-order chi connectivity index (χ0) is 12.3. The lowest BCUT2D eigenvalue weighted by Crippen LogP contribution is -1.96. The van der Waals surface area contributed by atoms with E-state index in [1.54, 1.807) is 0 Å². The van der Waals surface area contributed by atoms with Gasteiger partial charge in [0.15, 0.2) is 6.61 Å². The van der Waals surface area contributed by atoms with Crippen LogP contribution < -0.4 is 4.74 Å². The van der Waals surface area contributed by atoms with Crippen LogP contribution in [0.15, 0.2) is 22.6 Å². The van der Waals surface area contributed by atoms with E-state index in [1.807, 2.05) is 26.0 Å². The van der Waals surface area contributed by atoms with Crippen molar-refractivity contribution in [1.82, 2.24) is 10.2 Å². The third-order valence-electron chi connectivity index (χ3n) is 2.18. The Balaban J connectivity index is 2.01.